The zero-order valence-corrected chi connectivity index (χ0v) is 9.61. The van der Waals surface area contributed by atoms with Crippen molar-refractivity contribution in [2.75, 3.05) is 12.3 Å². The minimum atomic E-state index is -0.433. The highest BCUT2D eigenvalue weighted by Crippen LogP contribution is 2.23. The number of hydrogen-bond acceptors (Lipinski definition) is 5. The van der Waals surface area contributed by atoms with Gasteiger partial charge in [0, 0.05) is 12.3 Å². The highest BCUT2D eigenvalue weighted by Gasteiger charge is 2.07. The van der Waals surface area contributed by atoms with Crippen molar-refractivity contribution in [1.29, 1.82) is 0 Å². The highest BCUT2D eigenvalue weighted by molar-refractivity contribution is 7.99. The minimum absolute atomic E-state index is 0.300. The summed E-state index contributed by atoms with van der Waals surface area (Å²) < 4.78 is 5.52. The first-order valence-electron chi connectivity index (χ1n) is 5.16. The lowest BCUT2D eigenvalue weighted by Gasteiger charge is -2.04. The predicted octanol–water partition coefficient (Wildman–Crippen LogP) is 1.63. The van der Waals surface area contributed by atoms with Gasteiger partial charge < -0.3 is 15.3 Å². The molecular formula is C11H14N2O2S. The van der Waals surface area contributed by atoms with E-state index in [0.717, 1.165) is 16.9 Å². The Kier molecular flexibility index (Phi) is 3.82. The fraction of sp³-hybridized carbons (Fsp3) is 0.364. The Labute approximate surface area is 97.8 Å². The van der Waals surface area contributed by atoms with E-state index in [1.807, 2.05) is 24.3 Å². The second-order valence-electron chi connectivity index (χ2n) is 3.47. The van der Waals surface area contributed by atoms with Crippen LogP contribution in [0.3, 0.4) is 0 Å². The van der Waals surface area contributed by atoms with Crippen molar-refractivity contribution >= 4 is 22.9 Å². The van der Waals surface area contributed by atoms with Gasteiger partial charge in [-0.2, -0.15) is 0 Å². The van der Waals surface area contributed by atoms with E-state index < -0.39 is 6.10 Å². The average molecular weight is 238 g/mol. The van der Waals surface area contributed by atoms with Crippen LogP contribution < -0.4 is 5.73 Å². The van der Waals surface area contributed by atoms with E-state index in [1.165, 1.54) is 11.8 Å². The summed E-state index contributed by atoms with van der Waals surface area (Å²) in [4.78, 5) is 4.32. The molecule has 5 heteroatoms. The number of aliphatic hydroxyl groups excluding tert-OH is 1. The lowest BCUT2D eigenvalue weighted by Crippen LogP contribution is -2.19. The van der Waals surface area contributed by atoms with Crippen LogP contribution in [-0.2, 0) is 0 Å². The molecule has 0 saturated heterocycles. The first kappa shape index (κ1) is 11.4. The number of aromatic nitrogens is 1. The Morgan fingerprint density at radius 3 is 3.00 bits per heavy atom. The monoisotopic (exact) mass is 238 g/mol. The Balaban J connectivity index is 1.94. The molecule has 0 fully saturated rings. The third kappa shape index (κ3) is 2.75. The largest absolute Gasteiger partial charge is 0.431 e. The van der Waals surface area contributed by atoms with Crippen LogP contribution in [0.4, 0.5) is 0 Å². The van der Waals surface area contributed by atoms with Crippen LogP contribution in [0.1, 0.15) is 6.42 Å². The fourth-order valence-corrected chi connectivity index (χ4v) is 2.19. The average Bonchev–Trinajstić information content (AvgIpc) is 2.71. The second-order valence-corrected chi connectivity index (χ2v) is 4.52. The van der Waals surface area contributed by atoms with Gasteiger partial charge in [0.2, 0.25) is 0 Å². The number of nitrogens with zero attached hydrogens (tertiary/aromatic N) is 1. The SMILES string of the molecule is NCC(O)CCSc1nc2ccccc2o1. The molecule has 2 rings (SSSR count). The Morgan fingerprint density at radius 1 is 1.44 bits per heavy atom. The lowest BCUT2D eigenvalue weighted by atomic mass is 10.3. The summed E-state index contributed by atoms with van der Waals surface area (Å²) in [5, 5.41) is 9.93. The summed E-state index contributed by atoms with van der Waals surface area (Å²) in [6, 6.07) is 7.65. The van der Waals surface area contributed by atoms with Crippen molar-refractivity contribution in [2.45, 2.75) is 17.7 Å². The van der Waals surface area contributed by atoms with Crippen LogP contribution in [0.15, 0.2) is 33.9 Å². The van der Waals surface area contributed by atoms with Crippen molar-refractivity contribution in [1.82, 2.24) is 4.98 Å². The molecule has 0 aliphatic heterocycles. The van der Waals surface area contributed by atoms with Gasteiger partial charge in [-0.05, 0) is 18.6 Å². The van der Waals surface area contributed by atoms with Crippen LogP contribution in [-0.4, -0.2) is 28.5 Å². The number of para-hydroxylation sites is 2. The van der Waals surface area contributed by atoms with Crippen LogP contribution >= 0.6 is 11.8 Å². The molecular weight excluding hydrogens is 224 g/mol. The van der Waals surface area contributed by atoms with E-state index in [0.29, 0.717) is 18.2 Å². The van der Waals surface area contributed by atoms with Gasteiger partial charge in [-0.1, -0.05) is 23.9 Å². The normalized spacial score (nSPS) is 13.1. The van der Waals surface area contributed by atoms with E-state index in [1.54, 1.807) is 0 Å². The molecule has 1 heterocycles. The molecule has 1 atom stereocenters. The number of nitrogens with two attached hydrogens (primary N) is 1. The maximum atomic E-state index is 9.29. The van der Waals surface area contributed by atoms with E-state index in [9.17, 15) is 5.11 Å². The number of rotatable bonds is 5. The van der Waals surface area contributed by atoms with Gasteiger partial charge >= 0.3 is 0 Å². The molecule has 86 valence electrons. The van der Waals surface area contributed by atoms with E-state index in [2.05, 4.69) is 4.98 Å². The number of thioether (sulfide) groups is 1. The molecule has 0 amide bonds. The predicted molar refractivity (Wildman–Crippen MR) is 64.4 cm³/mol. The number of aliphatic hydroxyl groups is 1. The molecule has 1 unspecified atom stereocenters. The summed E-state index contributed by atoms with van der Waals surface area (Å²) in [5.41, 5.74) is 6.98. The third-order valence-corrected chi connectivity index (χ3v) is 3.08. The van der Waals surface area contributed by atoms with Crippen LogP contribution in [0.2, 0.25) is 0 Å². The smallest absolute Gasteiger partial charge is 0.256 e. The van der Waals surface area contributed by atoms with Gasteiger partial charge in [-0.25, -0.2) is 4.98 Å². The Hall–Kier alpha value is -1.04. The van der Waals surface area contributed by atoms with E-state index >= 15 is 0 Å². The Morgan fingerprint density at radius 2 is 2.25 bits per heavy atom. The fourth-order valence-electron chi connectivity index (χ4n) is 1.31. The number of fused-ring (bicyclic) bond motifs is 1. The molecule has 0 bridgehead atoms. The number of oxazole rings is 1. The molecule has 0 aliphatic carbocycles. The van der Waals surface area contributed by atoms with Crippen LogP contribution in [0, 0.1) is 0 Å². The van der Waals surface area contributed by atoms with Crippen LogP contribution in [0.25, 0.3) is 11.1 Å². The molecule has 4 nitrogen and oxygen atoms in total. The van der Waals surface area contributed by atoms with Gasteiger partial charge in [0.25, 0.3) is 5.22 Å². The third-order valence-electron chi connectivity index (χ3n) is 2.22. The van der Waals surface area contributed by atoms with Gasteiger partial charge in [0.1, 0.15) is 5.52 Å². The van der Waals surface area contributed by atoms with Crippen molar-refractivity contribution in [3.8, 4) is 0 Å². The van der Waals surface area contributed by atoms with Crippen LogP contribution in [0.5, 0.6) is 0 Å². The van der Waals surface area contributed by atoms with Crippen molar-refractivity contribution < 1.29 is 9.52 Å². The van der Waals surface area contributed by atoms with E-state index in [4.69, 9.17) is 10.2 Å². The Bertz CT molecular complexity index is 425. The molecule has 0 spiro atoms. The molecule has 2 aromatic rings. The maximum absolute atomic E-state index is 9.29. The molecule has 0 aliphatic rings. The van der Waals surface area contributed by atoms with Gasteiger partial charge in [-0.15, -0.1) is 0 Å². The summed E-state index contributed by atoms with van der Waals surface area (Å²) in [5.74, 6) is 0.755. The van der Waals surface area contributed by atoms with Gasteiger partial charge in [0.05, 0.1) is 6.10 Å². The second kappa shape index (κ2) is 5.34. The molecule has 3 N–H and O–H groups in total. The summed E-state index contributed by atoms with van der Waals surface area (Å²) in [6.07, 6.45) is 0.219. The van der Waals surface area contributed by atoms with Crippen molar-refractivity contribution in [3.63, 3.8) is 0 Å². The van der Waals surface area contributed by atoms with Crippen molar-refractivity contribution in [2.24, 2.45) is 5.73 Å². The molecule has 16 heavy (non-hydrogen) atoms. The molecule has 0 saturated carbocycles. The first-order chi connectivity index (χ1) is 7.79. The molecule has 1 aromatic heterocycles. The highest BCUT2D eigenvalue weighted by atomic mass is 32.2. The zero-order valence-electron chi connectivity index (χ0n) is 8.80. The van der Waals surface area contributed by atoms with Crippen molar-refractivity contribution in [3.05, 3.63) is 24.3 Å². The standard InChI is InChI=1S/C11H14N2O2S/c12-7-8(14)5-6-16-11-13-9-3-1-2-4-10(9)15-11/h1-4,8,14H,5-7,12H2. The zero-order chi connectivity index (χ0) is 11.4. The van der Waals surface area contributed by atoms with Gasteiger partial charge in [0.15, 0.2) is 5.58 Å². The molecule has 1 aromatic carbocycles. The number of benzene rings is 1. The summed E-state index contributed by atoms with van der Waals surface area (Å²) in [6.45, 7) is 0.300. The lowest BCUT2D eigenvalue weighted by molar-refractivity contribution is 0.180. The number of hydrogen-bond donors (Lipinski definition) is 2. The van der Waals surface area contributed by atoms with Gasteiger partial charge in [-0.3, -0.25) is 0 Å². The quantitative estimate of drug-likeness (QED) is 0.775. The maximum Gasteiger partial charge on any atom is 0.256 e. The topological polar surface area (TPSA) is 72.3 Å². The summed E-state index contributed by atoms with van der Waals surface area (Å²) in [7, 11) is 0. The summed E-state index contributed by atoms with van der Waals surface area (Å²) >= 11 is 1.50. The minimum Gasteiger partial charge on any atom is -0.431 e. The molecule has 0 radical (unpaired) electrons. The van der Waals surface area contributed by atoms with E-state index in [-0.39, 0.29) is 0 Å². The first-order valence-corrected chi connectivity index (χ1v) is 6.14.